The summed E-state index contributed by atoms with van der Waals surface area (Å²) < 4.78 is 26.5. The highest BCUT2D eigenvalue weighted by molar-refractivity contribution is 6.20. The van der Waals surface area contributed by atoms with Gasteiger partial charge in [-0.3, -0.25) is 0 Å². The molecule has 84 heavy (non-hydrogen) atoms. The molecule has 0 spiro atoms. The molecule has 19 aromatic rings. The first-order valence-corrected chi connectivity index (χ1v) is 28.4. The highest BCUT2D eigenvalue weighted by Crippen LogP contribution is 2.43. The number of para-hydroxylation sites is 6. The van der Waals surface area contributed by atoms with E-state index in [0.717, 1.165) is 176 Å². The molecule has 7 aromatic heterocycles. The summed E-state index contributed by atoms with van der Waals surface area (Å²) in [6.45, 7) is 0. The molecule has 0 aliphatic heterocycles. The van der Waals surface area contributed by atoms with Gasteiger partial charge in [0.25, 0.3) is 0 Å². The zero-order valence-electron chi connectivity index (χ0n) is 44.8. The van der Waals surface area contributed by atoms with Gasteiger partial charge < -0.3 is 27.0 Å². The van der Waals surface area contributed by atoms with Gasteiger partial charge in [-0.15, -0.1) is 0 Å². The summed E-state index contributed by atoms with van der Waals surface area (Å²) in [7, 11) is 0. The molecule has 390 valence electrons. The average molecular weight is 1070 g/mol. The van der Waals surface area contributed by atoms with Crippen molar-refractivity contribution in [3.8, 4) is 51.0 Å². The predicted octanol–water partition coefficient (Wildman–Crippen LogP) is 20.5. The van der Waals surface area contributed by atoms with Crippen LogP contribution in [0.25, 0.3) is 182 Å². The maximum Gasteiger partial charge on any atom is 0.160 e. The van der Waals surface area contributed by atoms with Crippen LogP contribution < -0.4 is 0 Å². The second-order valence-electron chi connectivity index (χ2n) is 22.1. The summed E-state index contributed by atoms with van der Waals surface area (Å²) in [5.74, 6) is 0.612. The summed E-state index contributed by atoms with van der Waals surface area (Å²) in [6, 6.07) is 92.6. The van der Waals surface area contributed by atoms with Gasteiger partial charge in [0.15, 0.2) is 5.82 Å². The number of hydrogen-bond donors (Lipinski definition) is 0. The molecule has 0 unspecified atom stereocenters. The van der Waals surface area contributed by atoms with Crippen molar-refractivity contribution in [2.75, 3.05) is 0 Å². The monoisotopic (exact) mass is 1070 g/mol. The second-order valence-corrected chi connectivity index (χ2v) is 22.1. The predicted molar refractivity (Wildman–Crippen MR) is 343 cm³/mol. The molecule has 12 aromatic carbocycles. The Balaban J connectivity index is 0.819. The Morgan fingerprint density at radius 1 is 0.214 bits per heavy atom. The molecule has 0 bridgehead atoms. The van der Waals surface area contributed by atoms with Crippen molar-refractivity contribution in [2.24, 2.45) is 0 Å². The summed E-state index contributed by atoms with van der Waals surface area (Å²) >= 11 is 0. The first-order chi connectivity index (χ1) is 41.6. The number of nitrogens with zero attached hydrogens (tertiary/aromatic N) is 5. The Morgan fingerprint density at radius 3 is 0.917 bits per heavy atom. The maximum atomic E-state index is 6.45. The van der Waals surface area contributed by atoms with Crippen LogP contribution in [0.4, 0.5) is 0 Å². The topological polar surface area (TPSA) is 80.0 Å². The number of aromatic nitrogens is 5. The number of rotatable bonds is 6. The minimum absolute atomic E-state index is 0.612. The first-order valence-electron chi connectivity index (χ1n) is 28.4. The number of hydrogen-bond acceptors (Lipinski definition) is 5. The molecule has 8 nitrogen and oxygen atoms in total. The average Bonchev–Trinajstić information content (AvgIpc) is 3.98. The van der Waals surface area contributed by atoms with Crippen LogP contribution in [0.15, 0.2) is 274 Å². The summed E-state index contributed by atoms with van der Waals surface area (Å²) in [5, 5.41) is 13.4. The first kappa shape index (κ1) is 45.3. The molecule has 0 amide bonds. The van der Waals surface area contributed by atoms with E-state index in [0.29, 0.717) is 5.82 Å². The van der Waals surface area contributed by atoms with Crippen LogP contribution in [0.3, 0.4) is 0 Å². The number of fused-ring (bicyclic) bond motifs is 18. The summed E-state index contributed by atoms with van der Waals surface area (Å²) in [4.78, 5) is 11.1. The van der Waals surface area contributed by atoms with Crippen LogP contribution in [0.2, 0.25) is 0 Å². The van der Waals surface area contributed by atoms with Crippen molar-refractivity contribution in [3.05, 3.63) is 261 Å². The van der Waals surface area contributed by atoms with Gasteiger partial charge in [0, 0.05) is 98.4 Å². The van der Waals surface area contributed by atoms with Crippen molar-refractivity contribution in [3.63, 3.8) is 0 Å². The lowest BCUT2D eigenvalue weighted by molar-refractivity contribution is 0.669. The zero-order chi connectivity index (χ0) is 54.7. The van der Waals surface area contributed by atoms with Gasteiger partial charge in [0.2, 0.25) is 0 Å². The van der Waals surface area contributed by atoms with Crippen LogP contribution in [-0.4, -0.2) is 23.7 Å². The van der Waals surface area contributed by atoms with E-state index in [1.54, 1.807) is 0 Å². The third kappa shape index (κ3) is 6.53. The Kier molecular flexibility index (Phi) is 9.18. The lowest BCUT2D eigenvalue weighted by atomic mass is 10.0. The van der Waals surface area contributed by atoms with Gasteiger partial charge in [-0.1, -0.05) is 146 Å². The van der Waals surface area contributed by atoms with E-state index in [4.69, 9.17) is 23.2 Å². The second kappa shape index (κ2) is 17.0. The third-order valence-electron chi connectivity index (χ3n) is 17.4. The van der Waals surface area contributed by atoms with Gasteiger partial charge >= 0.3 is 0 Å². The fourth-order valence-corrected chi connectivity index (χ4v) is 13.7. The fraction of sp³-hybridized carbons (Fsp3) is 0. The smallest absolute Gasteiger partial charge is 0.160 e. The molecule has 0 radical (unpaired) electrons. The summed E-state index contributed by atoms with van der Waals surface area (Å²) in [5.41, 5.74) is 19.3. The van der Waals surface area contributed by atoms with E-state index < -0.39 is 0 Å². The molecule has 0 aliphatic carbocycles. The van der Waals surface area contributed by atoms with Crippen molar-refractivity contribution >= 4 is 131 Å². The van der Waals surface area contributed by atoms with E-state index in [-0.39, 0.29) is 0 Å². The van der Waals surface area contributed by atoms with Crippen LogP contribution in [-0.2, 0) is 0 Å². The van der Waals surface area contributed by atoms with E-state index >= 15 is 0 Å². The molecule has 0 aliphatic rings. The maximum absolute atomic E-state index is 6.45. The molecular weight excluding hydrogens is 1030 g/mol. The van der Waals surface area contributed by atoms with Crippen molar-refractivity contribution in [2.45, 2.75) is 0 Å². The molecular formula is C76H43N5O3. The van der Waals surface area contributed by atoms with E-state index in [2.05, 4.69) is 238 Å². The van der Waals surface area contributed by atoms with Gasteiger partial charge in [0.1, 0.15) is 33.5 Å². The van der Waals surface area contributed by atoms with Gasteiger partial charge in [-0.25, -0.2) is 9.97 Å². The molecule has 0 saturated heterocycles. The van der Waals surface area contributed by atoms with E-state index in [1.165, 1.54) is 0 Å². The van der Waals surface area contributed by atoms with Crippen molar-refractivity contribution < 1.29 is 13.3 Å². The lowest BCUT2D eigenvalue weighted by Crippen LogP contribution is -2.00. The van der Waals surface area contributed by atoms with Crippen molar-refractivity contribution in [1.82, 2.24) is 23.7 Å². The molecule has 0 N–H and O–H groups in total. The zero-order valence-corrected chi connectivity index (χ0v) is 44.8. The van der Waals surface area contributed by atoms with Crippen molar-refractivity contribution in [1.29, 1.82) is 0 Å². The van der Waals surface area contributed by atoms with Crippen LogP contribution >= 0.6 is 0 Å². The number of benzene rings is 12. The minimum atomic E-state index is 0.612. The van der Waals surface area contributed by atoms with Gasteiger partial charge in [0.05, 0.1) is 44.5 Å². The molecule has 7 heterocycles. The Labute approximate surface area is 477 Å². The Bertz CT molecular complexity index is 5430. The summed E-state index contributed by atoms with van der Waals surface area (Å²) in [6.07, 6.45) is 0. The lowest BCUT2D eigenvalue weighted by Gasteiger charge is -2.14. The molecule has 0 atom stereocenters. The van der Waals surface area contributed by atoms with E-state index in [1.807, 2.05) is 36.4 Å². The third-order valence-corrected chi connectivity index (χ3v) is 17.4. The largest absolute Gasteiger partial charge is 0.456 e. The normalized spacial score (nSPS) is 12.3. The van der Waals surface area contributed by atoms with Gasteiger partial charge in [-0.05, 0) is 115 Å². The molecule has 19 rings (SSSR count). The Morgan fingerprint density at radius 2 is 0.536 bits per heavy atom. The van der Waals surface area contributed by atoms with E-state index in [9.17, 15) is 0 Å². The quantitative estimate of drug-likeness (QED) is 0.166. The molecule has 0 saturated carbocycles. The SMILES string of the molecule is c1cc(-c2cc(-c3cccc(-n4c5ccccc5c5cc6oc7ccccc7c6cc54)c3)nc(-c3cccc(-n4c5ccccc5c5cc6oc7ccccc7c6cc54)c3)n2)cc(-n2c3ccccc3c3cc4oc5ccccc5c4cc32)c1. The standard InChI is InChI=1S/C76H43N5O3/c1-7-28-64-50(22-1)56-40-73-59(53-25-4-10-31-70(53)82-73)37-67(56)79(64)47-19-13-16-44(34-47)62-43-63(45-17-14-20-48(35-45)80-65-29-8-2-23-51(65)57-41-74-60(38-68(57)80)54-26-5-11-32-71(54)83-74)78-76(77-62)46-18-15-21-49(36-46)81-66-30-9-3-24-52(66)58-42-75-61(39-69(58)81)55-27-6-12-33-72(55)84-75/h1-43H. The van der Waals surface area contributed by atoms with Crippen LogP contribution in [0, 0.1) is 0 Å². The van der Waals surface area contributed by atoms with Crippen LogP contribution in [0.5, 0.6) is 0 Å². The van der Waals surface area contributed by atoms with Gasteiger partial charge in [-0.2, -0.15) is 0 Å². The molecule has 8 heteroatoms. The fourth-order valence-electron chi connectivity index (χ4n) is 13.7. The highest BCUT2D eigenvalue weighted by Gasteiger charge is 2.22. The highest BCUT2D eigenvalue weighted by atomic mass is 16.3. The number of furan rings is 3. The van der Waals surface area contributed by atoms with Crippen LogP contribution in [0.1, 0.15) is 0 Å². The molecule has 0 fully saturated rings. The Hall–Kier alpha value is -11.5. The minimum Gasteiger partial charge on any atom is -0.456 e.